The van der Waals surface area contributed by atoms with Gasteiger partial charge in [0.05, 0.1) is 23.7 Å². The van der Waals surface area contributed by atoms with Gasteiger partial charge >= 0.3 is 23.5 Å². The molecule has 1 fully saturated rings. The number of anilines is 1. The third-order valence-corrected chi connectivity index (χ3v) is 8.96. The highest BCUT2D eigenvalue weighted by molar-refractivity contribution is 7.66. The summed E-state index contributed by atoms with van der Waals surface area (Å²) in [6.45, 7) is 1.21. The van der Waals surface area contributed by atoms with Crippen LogP contribution >= 0.6 is 23.5 Å². The Morgan fingerprint density at radius 2 is 1.92 bits per heavy atom. The third-order valence-electron chi connectivity index (χ3n) is 5.16. The van der Waals surface area contributed by atoms with Crippen LogP contribution in [0.5, 0.6) is 0 Å². The Kier molecular flexibility index (Phi) is 9.76. The molecule has 8 N–H and O–H groups in total. The molecule has 2 aromatic heterocycles. The largest absolute Gasteiger partial charge is 0.490 e. The van der Waals surface area contributed by atoms with Gasteiger partial charge in [-0.3, -0.25) is 14.3 Å². The Bertz CT molecular complexity index is 1420. The molecule has 20 heteroatoms. The maximum Gasteiger partial charge on any atom is 0.490 e. The van der Waals surface area contributed by atoms with Gasteiger partial charge < -0.3 is 39.7 Å². The highest BCUT2D eigenvalue weighted by Gasteiger charge is 2.43. The van der Waals surface area contributed by atoms with Gasteiger partial charge in [0.2, 0.25) is 5.95 Å². The van der Waals surface area contributed by atoms with E-state index in [1.165, 1.54) is 10.8 Å². The summed E-state index contributed by atoms with van der Waals surface area (Å²) in [6.07, 6.45) is 1.43. The molecule has 0 saturated carbocycles. The van der Waals surface area contributed by atoms with E-state index in [2.05, 4.69) is 41.9 Å². The van der Waals surface area contributed by atoms with E-state index in [0.29, 0.717) is 12.0 Å². The summed E-state index contributed by atoms with van der Waals surface area (Å²) < 4.78 is 53.1. The number of aromatic nitrogens is 3. The van der Waals surface area contributed by atoms with Crippen LogP contribution in [0, 0.1) is 11.8 Å². The first-order chi connectivity index (χ1) is 17.6. The van der Waals surface area contributed by atoms with Crippen LogP contribution in [-0.4, -0.2) is 58.0 Å². The van der Waals surface area contributed by atoms with Crippen molar-refractivity contribution in [2.45, 2.75) is 57.5 Å². The summed E-state index contributed by atoms with van der Waals surface area (Å²) in [5.41, 5.74) is 5.63. The number of hydrogen-bond acceptors (Lipinski definition) is 11. The number of aromatic amines is 1. The van der Waals surface area contributed by atoms with E-state index in [-0.39, 0.29) is 23.4 Å². The molecule has 5 atom stereocenters. The Labute approximate surface area is 215 Å². The lowest BCUT2D eigenvalue weighted by Gasteiger charge is -2.19. The zero-order valence-electron chi connectivity index (χ0n) is 19.9. The second-order valence-corrected chi connectivity index (χ2v) is 12.6. The standard InChI is InChI=1S/C18H27N4O13P3/c1-2-3-4-5-6-7-11-9-22(16-15(11)17(24)21-18(19)20-16)14-8-12(23)13(33-14)10-32-37(28,29)35-38(30,31)34-36(25,26)27/h9,12-14,23H,2-5,8,10H2,1H3,(H,28,29)(H,30,31)(H2,25,26,27)(H3,19,20,21,24)/t12-,13+,14+/m0/s1. The highest BCUT2D eigenvalue weighted by atomic mass is 31.3. The number of phosphoric ester groups is 1. The summed E-state index contributed by atoms with van der Waals surface area (Å²) in [4.78, 5) is 55.2. The molecule has 0 aromatic carbocycles. The molecule has 1 aliphatic rings. The summed E-state index contributed by atoms with van der Waals surface area (Å²) in [6, 6.07) is 0. The van der Waals surface area contributed by atoms with Gasteiger partial charge in [-0.25, -0.2) is 13.7 Å². The maximum absolute atomic E-state index is 12.6. The number of aliphatic hydroxyl groups is 1. The van der Waals surface area contributed by atoms with Crippen molar-refractivity contribution in [3.05, 3.63) is 22.1 Å². The molecule has 0 radical (unpaired) electrons. The number of H-pyrrole nitrogens is 1. The fraction of sp³-hybridized carbons (Fsp3) is 0.556. The second-order valence-electron chi connectivity index (χ2n) is 8.18. The van der Waals surface area contributed by atoms with Gasteiger partial charge in [0.1, 0.15) is 12.3 Å². The molecular formula is C18H27N4O13P3. The van der Waals surface area contributed by atoms with E-state index < -0.39 is 54.1 Å². The molecule has 2 aromatic rings. The van der Waals surface area contributed by atoms with Crippen LogP contribution in [-0.2, 0) is 31.6 Å². The number of nitrogens with zero attached hydrogens (tertiary/aromatic N) is 2. The van der Waals surface area contributed by atoms with Crippen molar-refractivity contribution in [2.24, 2.45) is 0 Å². The predicted octanol–water partition coefficient (Wildman–Crippen LogP) is 1.23. The molecule has 0 bridgehead atoms. The van der Waals surface area contributed by atoms with E-state index in [1.807, 2.05) is 0 Å². The van der Waals surface area contributed by atoms with Gasteiger partial charge in [-0.2, -0.15) is 13.6 Å². The molecule has 0 aliphatic carbocycles. The van der Waals surface area contributed by atoms with Gasteiger partial charge in [0.15, 0.2) is 5.65 Å². The Hall–Kier alpha value is -1.89. The monoisotopic (exact) mass is 600 g/mol. The van der Waals surface area contributed by atoms with E-state index in [1.54, 1.807) is 0 Å². The fourth-order valence-corrected chi connectivity index (χ4v) is 6.64. The smallest absolute Gasteiger partial charge is 0.390 e. The van der Waals surface area contributed by atoms with Crippen LogP contribution in [0.25, 0.3) is 11.0 Å². The molecular weight excluding hydrogens is 573 g/mol. The first-order valence-electron chi connectivity index (χ1n) is 11.1. The van der Waals surface area contributed by atoms with Gasteiger partial charge in [0, 0.05) is 19.0 Å². The molecule has 3 heterocycles. The van der Waals surface area contributed by atoms with Crippen LogP contribution in [0.2, 0.25) is 0 Å². The average Bonchev–Trinajstić information content (AvgIpc) is 3.29. The van der Waals surface area contributed by atoms with Crippen molar-refractivity contribution in [2.75, 3.05) is 12.3 Å². The minimum atomic E-state index is -5.70. The fourth-order valence-electron chi connectivity index (χ4n) is 3.61. The van der Waals surface area contributed by atoms with Crippen LogP contribution in [0.4, 0.5) is 5.95 Å². The van der Waals surface area contributed by atoms with E-state index in [4.69, 9.17) is 20.3 Å². The normalized spacial score (nSPS) is 23.1. The zero-order valence-corrected chi connectivity index (χ0v) is 22.6. The van der Waals surface area contributed by atoms with Crippen molar-refractivity contribution in [3.8, 4) is 11.8 Å². The van der Waals surface area contributed by atoms with E-state index >= 15 is 0 Å². The van der Waals surface area contributed by atoms with Gasteiger partial charge in [-0.15, -0.1) is 0 Å². The lowest BCUT2D eigenvalue weighted by atomic mass is 10.2. The summed E-state index contributed by atoms with van der Waals surface area (Å²) in [7, 11) is -16.7. The second kappa shape index (κ2) is 12.1. The minimum Gasteiger partial charge on any atom is -0.390 e. The Morgan fingerprint density at radius 1 is 1.21 bits per heavy atom. The number of unbranched alkanes of at least 4 members (excludes halogenated alkanes) is 3. The van der Waals surface area contributed by atoms with Gasteiger partial charge in [-0.05, 0) is 6.42 Å². The number of aliphatic hydroxyl groups excluding tert-OH is 1. The van der Waals surface area contributed by atoms with E-state index in [0.717, 1.165) is 19.3 Å². The van der Waals surface area contributed by atoms with Crippen molar-refractivity contribution < 1.29 is 56.3 Å². The van der Waals surface area contributed by atoms with Crippen LogP contribution < -0.4 is 11.3 Å². The number of nitrogen functional groups attached to an aromatic ring is 1. The SMILES string of the molecule is CCCCCC#Cc1cn([C@H]2C[C@H](O)[C@@H](COP(=O)(O)OP(=O)(O)OP(=O)(O)O)O2)c2nc(N)[nH]c(=O)c12. The number of nitrogens with two attached hydrogens (primary N) is 1. The van der Waals surface area contributed by atoms with E-state index in [9.17, 15) is 33.4 Å². The first kappa shape index (κ1) is 30.6. The van der Waals surface area contributed by atoms with Crippen molar-refractivity contribution in [3.63, 3.8) is 0 Å². The topological polar surface area (TPSA) is 266 Å². The molecule has 212 valence electrons. The van der Waals surface area contributed by atoms with Crippen LogP contribution in [0.15, 0.2) is 11.0 Å². The number of hydrogen-bond donors (Lipinski definition) is 7. The zero-order chi connectivity index (χ0) is 28.3. The molecule has 2 unspecified atom stereocenters. The predicted molar refractivity (Wildman–Crippen MR) is 130 cm³/mol. The first-order valence-corrected chi connectivity index (χ1v) is 15.6. The van der Waals surface area contributed by atoms with Crippen molar-refractivity contribution in [1.29, 1.82) is 0 Å². The van der Waals surface area contributed by atoms with Crippen molar-refractivity contribution in [1.82, 2.24) is 14.5 Å². The number of rotatable bonds is 11. The minimum absolute atomic E-state index is 0.0913. The molecule has 1 aliphatic heterocycles. The van der Waals surface area contributed by atoms with Gasteiger partial charge in [-0.1, -0.05) is 31.6 Å². The third kappa shape index (κ3) is 8.30. The number of phosphoric acid groups is 3. The van der Waals surface area contributed by atoms with Crippen LogP contribution in [0.3, 0.4) is 0 Å². The van der Waals surface area contributed by atoms with Crippen LogP contribution in [0.1, 0.15) is 50.8 Å². The average molecular weight is 600 g/mol. The molecule has 0 amide bonds. The molecule has 0 spiro atoms. The molecule has 17 nitrogen and oxygen atoms in total. The molecule has 38 heavy (non-hydrogen) atoms. The van der Waals surface area contributed by atoms with Gasteiger partial charge in [0.25, 0.3) is 5.56 Å². The Morgan fingerprint density at radius 3 is 2.58 bits per heavy atom. The maximum atomic E-state index is 12.6. The van der Waals surface area contributed by atoms with Crippen molar-refractivity contribution >= 4 is 40.4 Å². The highest BCUT2D eigenvalue weighted by Crippen LogP contribution is 2.66. The Balaban J connectivity index is 1.77. The lowest BCUT2D eigenvalue weighted by molar-refractivity contribution is -0.0421. The summed E-state index contributed by atoms with van der Waals surface area (Å²) in [5, 5.41) is 10.6. The lowest BCUT2D eigenvalue weighted by Crippen LogP contribution is -2.26. The number of ether oxygens (including phenoxy) is 1. The number of fused-ring (bicyclic) bond motifs is 1. The summed E-state index contributed by atoms with van der Waals surface area (Å²) in [5.74, 6) is 5.76. The quantitative estimate of drug-likeness (QED) is 0.109. The molecule has 1 saturated heterocycles. The molecule has 3 rings (SSSR count). The number of nitrogens with one attached hydrogen (secondary N) is 1. The summed E-state index contributed by atoms with van der Waals surface area (Å²) >= 11 is 0.